The summed E-state index contributed by atoms with van der Waals surface area (Å²) in [6.45, 7) is 1.38. The summed E-state index contributed by atoms with van der Waals surface area (Å²) in [6, 6.07) is 13.2. The van der Waals surface area contributed by atoms with Crippen molar-refractivity contribution in [3.8, 4) is 10.7 Å². The molecule has 0 saturated carbocycles. The van der Waals surface area contributed by atoms with E-state index in [2.05, 4.69) is 20.5 Å². The van der Waals surface area contributed by atoms with Crippen LogP contribution < -0.4 is 11.1 Å². The van der Waals surface area contributed by atoms with Gasteiger partial charge < -0.3 is 15.8 Å². The van der Waals surface area contributed by atoms with Gasteiger partial charge in [-0.3, -0.25) is 9.36 Å². The lowest BCUT2D eigenvalue weighted by atomic mass is 10.2. The van der Waals surface area contributed by atoms with E-state index in [1.165, 1.54) is 23.1 Å². The van der Waals surface area contributed by atoms with Gasteiger partial charge in [0.25, 0.3) is 0 Å². The highest BCUT2D eigenvalue weighted by Gasteiger charge is 2.25. The first-order valence-electron chi connectivity index (χ1n) is 10.3. The summed E-state index contributed by atoms with van der Waals surface area (Å²) >= 11 is 2.86. The van der Waals surface area contributed by atoms with Gasteiger partial charge in [-0.05, 0) is 37.1 Å². The summed E-state index contributed by atoms with van der Waals surface area (Å²) < 4.78 is 7.89. The van der Waals surface area contributed by atoms with Gasteiger partial charge in [0.05, 0.1) is 29.0 Å². The van der Waals surface area contributed by atoms with Crippen molar-refractivity contribution in [3.05, 3.63) is 48.7 Å². The minimum absolute atomic E-state index is 0.0935. The molecule has 32 heavy (non-hydrogen) atoms. The second-order valence-corrected chi connectivity index (χ2v) is 9.40. The number of fused-ring (bicyclic) bond motifs is 1. The van der Waals surface area contributed by atoms with E-state index in [-0.39, 0.29) is 17.8 Å². The maximum absolute atomic E-state index is 12.4. The molecule has 1 aliphatic rings. The third-order valence-corrected chi connectivity index (χ3v) is 7.32. The molecule has 0 bridgehead atoms. The fourth-order valence-electron chi connectivity index (χ4n) is 3.69. The van der Waals surface area contributed by atoms with Crippen LogP contribution in [-0.4, -0.2) is 44.1 Å². The van der Waals surface area contributed by atoms with Crippen molar-refractivity contribution >= 4 is 50.6 Å². The van der Waals surface area contributed by atoms with Crippen LogP contribution in [0.5, 0.6) is 0 Å². The van der Waals surface area contributed by atoms with Gasteiger partial charge in [0, 0.05) is 23.9 Å². The molecule has 164 valence electrons. The number of hydrogen-bond acceptors (Lipinski definition) is 8. The number of anilines is 2. The number of hydrogen-bond donors (Lipinski definition) is 2. The average molecular weight is 467 g/mol. The lowest BCUT2D eigenvalue weighted by Gasteiger charge is -2.14. The number of nitrogens with zero attached hydrogens (tertiary/aromatic N) is 4. The Kier molecular flexibility index (Phi) is 6.06. The number of nitrogen functional groups attached to an aromatic ring is 1. The fourth-order valence-corrected chi connectivity index (χ4v) is 5.49. The molecule has 1 fully saturated rings. The van der Waals surface area contributed by atoms with Gasteiger partial charge in [0.1, 0.15) is 4.83 Å². The molecule has 0 spiro atoms. The lowest BCUT2D eigenvalue weighted by Crippen LogP contribution is -2.18. The predicted molar refractivity (Wildman–Crippen MR) is 128 cm³/mol. The number of benzene rings is 1. The summed E-state index contributed by atoms with van der Waals surface area (Å²) in [4.78, 5) is 18.6. The van der Waals surface area contributed by atoms with Crippen LogP contribution in [0.1, 0.15) is 12.8 Å². The molecule has 8 nitrogen and oxygen atoms in total. The molecule has 3 N–H and O–H groups in total. The zero-order valence-electron chi connectivity index (χ0n) is 17.2. The highest BCUT2D eigenvalue weighted by Crippen LogP contribution is 2.40. The number of carbonyl (C=O) groups excluding carboxylic acids is 1. The normalized spacial score (nSPS) is 15.9. The van der Waals surface area contributed by atoms with Crippen LogP contribution in [0.25, 0.3) is 20.9 Å². The molecule has 4 heterocycles. The minimum Gasteiger partial charge on any atom is -0.397 e. The number of nitrogens with one attached hydrogen (secondary N) is 1. The predicted octanol–water partition coefficient (Wildman–Crippen LogP) is 4.05. The summed E-state index contributed by atoms with van der Waals surface area (Å²) in [5.74, 6) is 0.814. The van der Waals surface area contributed by atoms with E-state index in [4.69, 9.17) is 10.5 Å². The van der Waals surface area contributed by atoms with Crippen LogP contribution in [0, 0.1) is 0 Å². The van der Waals surface area contributed by atoms with Crippen molar-refractivity contribution in [2.75, 3.05) is 23.4 Å². The van der Waals surface area contributed by atoms with Crippen LogP contribution in [0.2, 0.25) is 0 Å². The van der Waals surface area contributed by atoms with E-state index in [1.54, 1.807) is 6.20 Å². The van der Waals surface area contributed by atoms with Crippen molar-refractivity contribution in [2.45, 2.75) is 30.6 Å². The van der Waals surface area contributed by atoms with Crippen molar-refractivity contribution in [3.63, 3.8) is 0 Å². The molecule has 1 atom stereocenters. The zero-order chi connectivity index (χ0) is 21.9. The third kappa shape index (κ3) is 4.34. The topological polar surface area (TPSA) is 108 Å². The third-order valence-electron chi connectivity index (χ3n) is 5.22. The van der Waals surface area contributed by atoms with Gasteiger partial charge in [-0.15, -0.1) is 21.5 Å². The molecule has 0 aliphatic carbocycles. The summed E-state index contributed by atoms with van der Waals surface area (Å²) in [7, 11) is 0. The van der Waals surface area contributed by atoms with E-state index in [1.807, 2.05) is 47.0 Å². The first-order valence-corrected chi connectivity index (χ1v) is 12.1. The molecule has 1 unspecified atom stereocenters. The monoisotopic (exact) mass is 466 g/mol. The van der Waals surface area contributed by atoms with Crippen molar-refractivity contribution < 1.29 is 9.53 Å². The van der Waals surface area contributed by atoms with Gasteiger partial charge >= 0.3 is 0 Å². The number of para-hydroxylation sites is 1. The number of rotatable bonds is 7. The maximum atomic E-state index is 12.4. The average Bonchev–Trinajstić information content (AvgIpc) is 3.54. The Bertz CT molecular complexity index is 1230. The lowest BCUT2D eigenvalue weighted by molar-refractivity contribution is -0.113. The number of ether oxygens (including phenoxy) is 1. The molecule has 4 aromatic rings. The molecule has 1 aliphatic heterocycles. The summed E-state index contributed by atoms with van der Waals surface area (Å²) in [5, 5.41) is 13.3. The Hall–Kier alpha value is -2.95. The number of thioether (sulfide) groups is 1. The van der Waals surface area contributed by atoms with Crippen LogP contribution in [-0.2, 0) is 16.1 Å². The second-order valence-electron chi connectivity index (χ2n) is 7.46. The molecule has 10 heteroatoms. The molecular weight excluding hydrogens is 444 g/mol. The molecule has 0 radical (unpaired) electrons. The smallest absolute Gasteiger partial charge is 0.234 e. The second kappa shape index (κ2) is 9.27. The number of thiophene rings is 1. The van der Waals surface area contributed by atoms with Gasteiger partial charge in [0.15, 0.2) is 11.0 Å². The van der Waals surface area contributed by atoms with Crippen molar-refractivity contribution in [1.82, 2.24) is 19.7 Å². The SMILES string of the molecule is Nc1c(-c2nnc(SCC(=O)Nc3ccccc3)n2CC2CCCO2)sc2ncccc12. The molecule has 1 saturated heterocycles. The number of aromatic nitrogens is 4. The number of nitrogens with two attached hydrogens (primary N) is 1. The molecular formula is C22H22N6O2S2. The van der Waals surface area contributed by atoms with Gasteiger partial charge in [-0.2, -0.15) is 0 Å². The minimum atomic E-state index is -0.0972. The summed E-state index contributed by atoms with van der Waals surface area (Å²) in [5.41, 5.74) is 7.87. The van der Waals surface area contributed by atoms with E-state index in [0.717, 1.165) is 40.2 Å². The number of pyridine rings is 1. The summed E-state index contributed by atoms with van der Waals surface area (Å²) in [6.07, 6.45) is 3.88. The first kappa shape index (κ1) is 20.9. The molecule has 1 amide bonds. The van der Waals surface area contributed by atoms with Gasteiger partial charge in [-0.25, -0.2) is 4.98 Å². The van der Waals surface area contributed by atoms with Gasteiger partial charge in [-0.1, -0.05) is 30.0 Å². The number of carbonyl (C=O) groups is 1. The Morgan fingerprint density at radius 1 is 1.25 bits per heavy atom. The van der Waals surface area contributed by atoms with E-state index < -0.39 is 0 Å². The van der Waals surface area contributed by atoms with Crippen LogP contribution >= 0.6 is 23.1 Å². The van der Waals surface area contributed by atoms with Gasteiger partial charge in [0.2, 0.25) is 5.91 Å². The highest BCUT2D eigenvalue weighted by molar-refractivity contribution is 7.99. The first-order chi connectivity index (χ1) is 15.7. The largest absolute Gasteiger partial charge is 0.397 e. The molecule has 3 aromatic heterocycles. The van der Waals surface area contributed by atoms with Crippen LogP contribution in [0.3, 0.4) is 0 Å². The van der Waals surface area contributed by atoms with Crippen molar-refractivity contribution in [2.24, 2.45) is 0 Å². The zero-order valence-corrected chi connectivity index (χ0v) is 18.9. The standard InChI is InChI=1S/C22H22N6O2S2/c23-18-16-9-4-10-24-21(16)32-19(18)20-26-27-22(28(20)12-15-8-5-11-30-15)31-13-17(29)25-14-6-2-1-3-7-14/h1-4,6-7,9-10,15H,5,8,11-13,23H2,(H,25,29). The Balaban J connectivity index is 1.41. The molecule has 1 aromatic carbocycles. The van der Waals surface area contributed by atoms with E-state index in [0.29, 0.717) is 23.2 Å². The Morgan fingerprint density at radius 3 is 2.91 bits per heavy atom. The quantitative estimate of drug-likeness (QED) is 0.396. The van der Waals surface area contributed by atoms with Crippen LogP contribution in [0.4, 0.5) is 11.4 Å². The number of amides is 1. The maximum Gasteiger partial charge on any atom is 0.234 e. The van der Waals surface area contributed by atoms with Crippen molar-refractivity contribution in [1.29, 1.82) is 0 Å². The highest BCUT2D eigenvalue weighted by atomic mass is 32.2. The molecule has 5 rings (SSSR count). The fraction of sp³-hybridized carbons (Fsp3) is 0.273. The Labute approximate surface area is 193 Å². The van der Waals surface area contributed by atoms with E-state index in [9.17, 15) is 4.79 Å². The van der Waals surface area contributed by atoms with E-state index >= 15 is 0 Å². The van der Waals surface area contributed by atoms with Crippen LogP contribution in [0.15, 0.2) is 53.8 Å². The Morgan fingerprint density at radius 2 is 2.12 bits per heavy atom.